The first-order valence-corrected chi connectivity index (χ1v) is 7.48. The summed E-state index contributed by atoms with van der Waals surface area (Å²) in [5.41, 5.74) is 0. The summed E-state index contributed by atoms with van der Waals surface area (Å²) in [6, 6.07) is 0. The zero-order chi connectivity index (χ0) is 13.7. The number of hydrogen-bond donors (Lipinski definition) is 1. The Morgan fingerprint density at radius 2 is 2.05 bits per heavy atom. The second-order valence-corrected chi connectivity index (χ2v) is 5.96. The van der Waals surface area contributed by atoms with E-state index in [1.807, 2.05) is 6.08 Å². The molecule has 0 aliphatic carbocycles. The molecule has 0 amide bonds. The summed E-state index contributed by atoms with van der Waals surface area (Å²) in [6.45, 7) is 5.96. The predicted octanol–water partition coefficient (Wildman–Crippen LogP) is 2.64. The molecule has 19 heavy (non-hydrogen) atoms. The molecule has 2 heterocycles. The van der Waals surface area contributed by atoms with Gasteiger partial charge in [0.15, 0.2) is 0 Å². The largest absolute Gasteiger partial charge is 0.396 e. The maximum atomic E-state index is 9.21. The molecular formula is C14H20BrN3O. The normalized spacial score (nSPS) is 18.3. The molecule has 4 nitrogen and oxygen atoms in total. The number of aromatic nitrogens is 2. The SMILES string of the molecule is C=C[C@@H](CO)CC1CCN(c2ncc(Br)cn2)CC1. The Labute approximate surface area is 122 Å². The lowest BCUT2D eigenvalue weighted by atomic mass is 9.87. The zero-order valence-electron chi connectivity index (χ0n) is 11.0. The van der Waals surface area contributed by atoms with E-state index in [-0.39, 0.29) is 12.5 Å². The molecule has 1 aromatic rings. The molecule has 0 bridgehead atoms. The third-order valence-corrected chi connectivity index (χ3v) is 4.12. The van der Waals surface area contributed by atoms with Crippen molar-refractivity contribution in [3.05, 3.63) is 29.5 Å². The predicted molar refractivity (Wildman–Crippen MR) is 80.1 cm³/mol. The second-order valence-electron chi connectivity index (χ2n) is 5.05. The number of anilines is 1. The van der Waals surface area contributed by atoms with Crippen LogP contribution in [-0.4, -0.2) is 34.8 Å². The van der Waals surface area contributed by atoms with E-state index < -0.39 is 0 Å². The fourth-order valence-corrected chi connectivity index (χ4v) is 2.72. The Morgan fingerprint density at radius 1 is 1.42 bits per heavy atom. The lowest BCUT2D eigenvalue weighted by Gasteiger charge is -2.32. The van der Waals surface area contributed by atoms with Gasteiger partial charge in [0.25, 0.3) is 0 Å². The highest BCUT2D eigenvalue weighted by Gasteiger charge is 2.22. The Morgan fingerprint density at radius 3 is 2.58 bits per heavy atom. The summed E-state index contributed by atoms with van der Waals surface area (Å²) in [6.07, 6.45) is 8.73. The molecule has 0 radical (unpaired) electrons. The fourth-order valence-electron chi connectivity index (χ4n) is 2.51. The molecule has 0 saturated carbocycles. The summed E-state index contributed by atoms with van der Waals surface area (Å²) in [5.74, 6) is 1.71. The van der Waals surface area contributed by atoms with Crippen molar-refractivity contribution in [1.29, 1.82) is 0 Å². The van der Waals surface area contributed by atoms with E-state index in [9.17, 15) is 5.11 Å². The number of hydrogen-bond acceptors (Lipinski definition) is 4. The van der Waals surface area contributed by atoms with Gasteiger partial charge in [0.2, 0.25) is 5.95 Å². The fraction of sp³-hybridized carbons (Fsp3) is 0.571. The van der Waals surface area contributed by atoms with Crippen molar-refractivity contribution in [1.82, 2.24) is 9.97 Å². The van der Waals surface area contributed by atoms with Crippen molar-refractivity contribution >= 4 is 21.9 Å². The number of nitrogens with zero attached hydrogens (tertiary/aromatic N) is 3. The molecule has 1 N–H and O–H groups in total. The van der Waals surface area contributed by atoms with Gasteiger partial charge in [-0.3, -0.25) is 0 Å². The molecule has 1 aliphatic rings. The molecule has 0 spiro atoms. The molecule has 0 unspecified atom stereocenters. The lowest BCUT2D eigenvalue weighted by Crippen LogP contribution is -2.35. The van der Waals surface area contributed by atoms with Crippen LogP contribution in [0.4, 0.5) is 5.95 Å². The van der Waals surface area contributed by atoms with Crippen molar-refractivity contribution in [3.8, 4) is 0 Å². The van der Waals surface area contributed by atoms with Gasteiger partial charge in [-0.05, 0) is 47.0 Å². The van der Waals surface area contributed by atoms with E-state index in [2.05, 4.69) is 37.4 Å². The highest BCUT2D eigenvalue weighted by Crippen LogP contribution is 2.26. The Balaban J connectivity index is 1.85. The van der Waals surface area contributed by atoms with Crippen LogP contribution in [-0.2, 0) is 0 Å². The average molecular weight is 326 g/mol. The standard InChI is InChI=1S/C14H20BrN3O/c1-2-11(10-19)7-12-3-5-18(6-4-12)14-16-8-13(15)9-17-14/h2,8-9,11-12,19H,1,3-7,10H2/t11-/m1/s1. The number of piperidine rings is 1. The van der Waals surface area contributed by atoms with Gasteiger partial charge < -0.3 is 10.0 Å². The second kappa shape index (κ2) is 7.01. The van der Waals surface area contributed by atoms with Crippen LogP contribution in [0.5, 0.6) is 0 Å². The summed E-state index contributed by atoms with van der Waals surface area (Å²) >= 11 is 3.35. The van der Waals surface area contributed by atoms with Gasteiger partial charge >= 0.3 is 0 Å². The van der Waals surface area contributed by atoms with E-state index in [0.717, 1.165) is 42.8 Å². The van der Waals surface area contributed by atoms with Crippen molar-refractivity contribution < 1.29 is 5.11 Å². The van der Waals surface area contributed by atoms with E-state index in [1.54, 1.807) is 12.4 Å². The molecule has 5 heteroatoms. The topological polar surface area (TPSA) is 49.2 Å². The van der Waals surface area contributed by atoms with Gasteiger partial charge in [0.05, 0.1) is 4.47 Å². The van der Waals surface area contributed by atoms with Gasteiger partial charge in [-0.1, -0.05) is 6.08 Å². The third kappa shape index (κ3) is 4.01. The highest BCUT2D eigenvalue weighted by molar-refractivity contribution is 9.10. The molecule has 1 saturated heterocycles. The molecule has 0 aromatic carbocycles. The summed E-state index contributed by atoms with van der Waals surface area (Å²) in [4.78, 5) is 10.9. The zero-order valence-corrected chi connectivity index (χ0v) is 12.6. The van der Waals surface area contributed by atoms with Gasteiger partial charge in [-0.15, -0.1) is 6.58 Å². The van der Waals surface area contributed by atoms with E-state index in [1.165, 1.54) is 0 Å². The Bertz CT molecular complexity index is 402. The van der Waals surface area contributed by atoms with E-state index in [4.69, 9.17) is 0 Å². The van der Waals surface area contributed by atoms with Gasteiger partial charge in [0, 0.05) is 32.1 Å². The van der Waals surface area contributed by atoms with Crippen LogP contribution in [0.15, 0.2) is 29.5 Å². The van der Waals surface area contributed by atoms with Gasteiger partial charge in [0.1, 0.15) is 0 Å². The molecule has 1 aliphatic heterocycles. The molecule has 104 valence electrons. The molecule has 2 rings (SSSR count). The van der Waals surface area contributed by atoms with Crippen LogP contribution < -0.4 is 4.90 Å². The lowest BCUT2D eigenvalue weighted by molar-refractivity contribution is 0.219. The van der Waals surface area contributed by atoms with Gasteiger partial charge in [-0.25, -0.2) is 9.97 Å². The van der Waals surface area contributed by atoms with Crippen LogP contribution in [0.1, 0.15) is 19.3 Å². The van der Waals surface area contributed by atoms with E-state index >= 15 is 0 Å². The number of halogens is 1. The average Bonchev–Trinajstić information content (AvgIpc) is 2.46. The van der Waals surface area contributed by atoms with Crippen LogP contribution >= 0.6 is 15.9 Å². The van der Waals surface area contributed by atoms with E-state index in [0.29, 0.717) is 5.92 Å². The molecular weight excluding hydrogens is 306 g/mol. The molecule has 1 fully saturated rings. The summed E-state index contributed by atoms with van der Waals surface area (Å²) in [5, 5.41) is 9.21. The monoisotopic (exact) mass is 325 g/mol. The van der Waals surface area contributed by atoms with Crippen molar-refractivity contribution in [3.63, 3.8) is 0 Å². The first kappa shape index (κ1) is 14.5. The van der Waals surface area contributed by atoms with Crippen LogP contribution in [0, 0.1) is 11.8 Å². The highest BCUT2D eigenvalue weighted by atomic mass is 79.9. The van der Waals surface area contributed by atoms with Crippen LogP contribution in [0.2, 0.25) is 0 Å². The summed E-state index contributed by atoms with van der Waals surface area (Å²) < 4.78 is 0.905. The summed E-state index contributed by atoms with van der Waals surface area (Å²) in [7, 11) is 0. The first-order chi connectivity index (χ1) is 9.22. The third-order valence-electron chi connectivity index (χ3n) is 3.71. The minimum Gasteiger partial charge on any atom is -0.396 e. The Hall–Kier alpha value is -0.940. The number of aliphatic hydroxyl groups is 1. The smallest absolute Gasteiger partial charge is 0.225 e. The minimum atomic E-state index is 0.208. The van der Waals surface area contributed by atoms with Crippen molar-refractivity contribution in [2.24, 2.45) is 11.8 Å². The molecule has 1 aromatic heterocycles. The maximum Gasteiger partial charge on any atom is 0.225 e. The minimum absolute atomic E-state index is 0.208. The van der Waals surface area contributed by atoms with Crippen LogP contribution in [0.3, 0.4) is 0 Å². The Kier molecular flexibility index (Phi) is 5.34. The number of aliphatic hydroxyl groups excluding tert-OH is 1. The maximum absolute atomic E-state index is 9.21. The van der Waals surface area contributed by atoms with Crippen LogP contribution in [0.25, 0.3) is 0 Å². The van der Waals surface area contributed by atoms with Crippen molar-refractivity contribution in [2.75, 3.05) is 24.6 Å². The quantitative estimate of drug-likeness (QED) is 0.845. The number of rotatable bonds is 5. The first-order valence-electron chi connectivity index (χ1n) is 6.69. The molecule has 1 atom stereocenters. The van der Waals surface area contributed by atoms with Gasteiger partial charge in [-0.2, -0.15) is 0 Å². The van der Waals surface area contributed by atoms with Crippen molar-refractivity contribution in [2.45, 2.75) is 19.3 Å².